The second-order valence-corrected chi connectivity index (χ2v) is 8.06. The molecular formula is C26H23F3N2O4. The molecule has 0 radical (unpaired) electrons. The highest BCUT2D eigenvalue weighted by Gasteiger charge is 2.45. The third kappa shape index (κ3) is 5.08. The molecule has 1 aliphatic rings. The molecule has 6 nitrogen and oxygen atoms in total. The van der Waals surface area contributed by atoms with E-state index >= 15 is 0 Å². The standard InChI is InChI=1S/C26H23F3N2O4/c1-34-20-10-6-16(7-11-20)24-22(15-23(32)31(24)19-8-12-21(35-2)13-9-19)25(33)30-18-5-3-4-17(14-18)26(27,28)29/h3-14,22,24H,15H2,1-2H3,(H,30,33)/t22-,24-/m0/s1. The van der Waals surface area contributed by atoms with E-state index in [1.165, 1.54) is 31.3 Å². The van der Waals surface area contributed by atoms with Crippen molar-refractivity contribution in [3.8, 4) is 11.5 Å². The lowest BCUT2D eigenvalue weighted by molar-refractivity contribution is -0.137. The molecule has 3 aromatic carbocycles. The van der Waals surface area contributed by atoms with Crippen molar-refractivity contribution in [2.75, 3.05) is 24.4 Å². The zero-order chi connectivity index (χ0) is 25.2. The minimum absolute atomic E-state index is 0.00801. The summed E-state index contributed by atoms with van der Waals surface area (Å²) in [4.78, 5) is 28.0. The molecule has 0 unspecified atom stereocenters. The third-order valence-corrected chi connectivity index (χ3v) is 5.92. The highest BCUT2D eigenvalue weighted by Crippen LogP contribution is 2.43. The van der Waals surface area contributed by atoms with Crippen molar-refractivity contribution in [2.24, 2.45) is 5.92 Å². The van der Waals surface area contributed by atoms with Crippen molar-refractivity contribution in [1.82, 2.24) is 0 Å². The first-order chi connectivity index (χ1) is 16.7. The molecule has 0 aliphatic carbocycles. The Balaban J connectivity index is 1.69. The number of carbonyl (C=O) groups excluding carboxylic acids is 2. The zero-order valence-corrected chi connectivity index (χ0v) is 19.0. The van der Waals surface area contributed by atoms with E-state index in [4.69, 9.17) is 9.47 Å². The van der Waals surface area contributed by atoms with Gasteiger partial charge in [-0.2, -0.15) is 13.2 Å². The minimum atomic E-state index is -4.54. The molecule has 1 N–H and O–H groups in total. The Morgan fingerprint density at radius 3 is 2.11 bits per heavy atom. The van der Waals surface area contributed by atoms with Crippen LogP contribution in [0.4, 0.5) is 24.5 Å². The molecule has 0 spiro atoms. The number of rotatable bonds is 6. The molecule has 1 saturated heterocycles. The van der Waals surface area contributed by atoms with Crippen LogP contribution in [0.5, 0.6) is 11.5 Å². The van der Waals surface area contributed by atoms with Crippen molar-refractivity contribution in [3.05, 3.63) is 83.9 Å². The van der Waals surface area contributed by atoms with Crippen molar-refractivity contribution < 1.29 is 32.2 Å². The van der Waals surface area contributed by atoms with E-state index in [0.29, 0.717) is 22.7 Å². The zero-order valence-electron chi connectivity index (χ0n) is 19.0. The van der Waals surface area contributed by atoms with E-state index in [9.17, 15) is 22.8 Å². The highest BCUT2D eigenvalue weighted by molar-refractivity contribution is 6.04. The molecule has 9 heteroatoms. The third-order valence-electron chi connectivity index (χ3n) is 5.92. The quantitative estimate of drug-likeness (QED) is 0.505. The van der Waals surface area contributed by atoms with Gasteiger partial charge in [-0.3, -0.25) is 9.59 Å². The van der Waals surface area contributed by atoms with Crippen LogP contribution in [0.1, 0.15) is 23.6 Å². The van der Waals surface area contributed by atoms with Crippen LogP contribution in [-0.2, 0) is 15.8 Å². The van der Waals surface area contributed by atoms with Gasteiger partial charge in [-0.15, -0.1) is 0 Å². The van der Waals surface area contributed by atoms with Crippen molar-refractivity contribution >= 4 is 23.2 Å². The Labute approximate surface area is 200 Å². The molecule has 0 aromatic heterocycles. The molecule has 1 aliphatic heterocycles. The van der Waals surface area contributed by atoms with Gasteiger partial charge in [-0.05, 0) is 60.2 Å². The van der Waals surface area contributed by atoms with Crippen LogP contribution in [0.3, 0.4) is 0 Å². The fourth-order valence-electron chi connectivity index (χ4n) is 4.21. The van der Waals surface area contributed by atoms with Crippen molar-refractivity contribution in [1.29, 1.82) is 0 Å². The SMILES string of the molecule is COc1ccc([C@H]2[C@@H](C(=O)Nc3cccc(C(F)(F)F)c3)CC(=O)N2c2ccc(OC)cc2)cc1. The van der Waals surface area contributed by atoms with E-state index in [0.717, 1.165) is 12.1 Å². The summed E-state index contributed by atoms with van der Waals surface area (Å²) in [6, 6.07) is 17.6. The maximum Gasteiger partial charge on any atom is 0.416 e. The highest BCUT2D eigenvalue weighted by atomic mass is 19.4. The van der Waals surface area contributed by atoms with E-state index in [-0.39, 0.29) is 18.0 Å². The number of ether oxygens (including phenoxy) is 2. The molecule has 0 saturated carbocycles. The summed E-state index contributed by atoms with van der Waals surface area (Å²) < 4.78 is 49.7. The monoisotopic (exact) mass is 484 g/mol. The number of alkyl halides is 3. The number of nitrogens with zero attached hydrogens (tertiary/aromatic N) is 1. The van der Waals surface area contributed by atoms with Gasteiger partial charge in [-0.1, -0.05) is 18.2 Å². The molecule has 35 heavy (non-hydrogen) atoms. The molecule has 3 aromatic rings. The number of nitrogens with one attached hydrogen (secondary N) is 1. The molecule has 4 rings (SSSR count). The molecule has 0 bridgehead atoms. The van der Waals surface area contributed by atoms with Gasteiger partial charge in [-0.25, -0.2) is 0 Å². The Kier molecular flexibility index (Phi) is 6.68. The Morgan fingerprint density at radius 1 is 0.943 bits per heavy atom. The second-order valence-electron chi connectivity index (χ2n) is 8.06. The first kappa shape index (κ1) is 24.1. The summed E-state index contributed by atoms with van der Waals surface area (Å²) in [5.41, 5.74) is 0.403. The van der Waals surface area contributed by atoms with Gasteiger partial charge in [0.2, 0.25) is 11.8 Å². The molecule has 2 amide bonds. The van der Waals surface area contributed by atoms with Gasteiger partial charge < -0.3 is 19.7 Å². The first-order valence-corrected chi connectivity index (χ1v) is 10.8. The summed E-state index contributed by atoms with van der Waals surface area (Å²) in [5.74, 6) is -0.443. The molecule has 182 valence electrons. The normalized spacial score (nSPS) is 17.9. The smallest absolute Gasteiger partial charge is 0.416 e. The van der Waals surface area contributed by atoms with Crippen molar-refractivity contribution in [3.63, 3.8) is 0 Å². The van der Waals surface area contributed by atoms with Gasteiger partial charge in [0.15, 0.2) is 0 Å². The van der Waals surface area contributed by atoms with Gasteiger partial charge in [0.05, 0.1) is 31.7 Å². The van der Waals surface area contributed by atoms with E-state index in [1.807, 2.05) is 0 Å². The van der Waals surface area contributed by atoms with Crippen LogP contribution in [0, 0.1) is 5.92 Å². The number of anilines is 2. The van der Waals surface area contributed by atoms with E-state index < -0.39 is 29.6 Å². The van der Waals surface area contributed by atoms with Gasteiger partial charge >= 0.3 is 6.18 Å². The Morgan fingerprint density at radius 2 is 1.54 bits per heavy atom. The maximum absolute atomic E-state index is 13.3. The van der Waals surface area contributed by atoms with Gasteiger partial charge in [0.1, 0.15) is 11.5 Å². The number of halogens is 3. The molecule has 2 atom stereocenters. The average molecular weight is 484 g/mol. The Bertz CT molecular complexity index is 1210. The minimum Gasteiger partial charge on any atom is -0.497 e. The van der Waals surface area contributed by atoms with Gasteiger partial charge in [0, 0.05) is 17.8 Å². The Hall–Kier alpha value is -4.01. The van der Waals surface area contributed by atoms with Gasteiger partial charge in [0.25, 0.3) is 0 Å². The summed E-state index contributed by atoms with van der Waals surface area (Å²) in [5, 5.41) is 2.57. The van der Waals surface area contributed by atoms with Crippen LogP contribution in [-0.4, -0.2) is 26.0 Å². The summed E-state index contributed by atoms with van der Waals surface area (Å²) in [6.07, 6.45) is -4.64. The first-order valence-electron chi connectivity index (χ1n) is 10.8. The number of carbonyl (C=O) groups is 2. The van der Waals surface area contributed by atoms with E-state index in [2.05, 4.69) is 5.32 Å². The lowest BCUT2D eigenvalue weighted by Crippen LogP contribution is -2.32. The predicted molar refractivity (Wildman–Crippen MR) is 124 cm³/mol. The second kappa shape index (κ2) is 9.69. The fraction of sp³-hybridized carbons (Fsp3) is 0.231. The largest absolute Gasteiger partial charge is 0.497 e. The number of benzene rings is 3. The maximum atomic E-state index is 13.3. The van der Waals surface area contributed by atoms with Crippen LogP contribution in [0.25, 0.3) is 0 Å². The molecular weight excluding hydrogens is 461 g/mol. The number of hydrogen-bond donors (Lipinski definition) is 1. The molecule has 1 fully saturated rings. The average Bonchev–Trinajstić information content (AvgIpc) is 3.21. The predicted octanol–water partition coefficient (Wildman–Crippen LogP) is 5.46. The fourth-order valence-corrected chi connectivity index (χ4v) is 4.21. The number of hydrogen-bond acceptors (Lipinski definition) is 4. The topological polar surface area (TPSA) is 67.9 Å². The lowest BCUT2D eigenvalue weighted by Gasteiger charge is -2.28. The summed E-state index contributed by atoms with van der Waals surface area (Å²) in [7, 11) is 3.06. The number of methoxy groups -OCH3 is 2. The van der Waals surface area contributed by atoms with Crippen LogP contribution in [0.15, 0.2) is 72.8 Å². The number of amides is 2. The lowest BCUT2D eigenvalue weighted by atomic mass is 9.92. The molecule has 1 heterocycles. The van der Waals surface area contributed by atoms with Crippen LogP contribution in [0.2, 0.25) is 0 Å². The van der Waals surface area contributed by atoms with Crippen LogP contribution < -0.4 is 19.7 Å². The van der Waals surface area contributed by atoms with E-state index in [1.54, 1.807) is 48.5 Å². The summed E-state index contributed by atoms with van der Waals surface area (Å²) in [6.45, 7) is 0. The van der Waals surface area contributed by atoms with Crippen molar-refractivity contribution in [2.45, 2.75) is 18.6 Å². The summed E-state index contributed by atoms with van der Waals surface area (Å²) >= 11 is 0. The van der Waals surface area contributed by atoms with Crippen LogP contribution >= 0.6 is 0 Å².